The van der Waals surface area contributed by atoms with Gasteiger partial charge in [0.05, 0.1) is 12.1 Å². The Morgan fingerprint density at radius 3 is 2.89 bits per heavy atom. The zero-order valence-electron chi connectivity index (χ0n) is 10.4. The van der Waals surface area contributed by atoms with Gasteiger partial charge in [0.15, 0.2) is 0 Å². The van der Waals surface area contributed by atoms with E-state index in [0.717, 1.165) is 5.56 Å². The van der Waals surface area contributed by atoms with Gasteiger partial charge in [0.2, 0.25) is 0 Å². The molecular weight excluding hydrogens is 267 g/mol. The van der Waals surface area contributed by atoms with Crippen molar-refractivity contribution in [2.45, 2.75) is 12.5 Å². The Bertz CT molecular complexity index is 577. The molecule has 2 aromatic rings. The number of methoxy groups -OCH3 is 1. The molecule has 2 N–H and O–H groups in total. The highest BCUT2D eigenvalue weighted by atomic mass is 35.5. The molecule has 0 bridgehead atoms. The van der Waals surface area contributed by atoms with Gasteiger partial charge in [-0.1, -0.05) is 17.7 Å². The van der Waals surface area contributed by atoms with E-state index < -0.39 is 6.04 Å². The Kier molecular flexibility index (Phi) is 4.35. The lowest BCUT2D eigenvalue weighted by molar-refractivity contribution is 0.399. The first-order chi connectivity index (χ1) is 9.13. The molecule has 5 heteroatoms. The predicted molar refractivity (Wildman–Crippen MR) is 72.8 cm³/mol. The molecule has 1 atom stereocenters. The van der Waals surface area contributed by atoms with Crippen LogP contribution in [0.3, 0.4) is 0 Å². The maximum atomic E-state index is 13.9. The van der Waals surface area contributed by atoms with Crippen LogP contribution >= 0.6 is 11.6 Å². The van der Waals surface area contributed by atoms with Crippen molar-refractivity contribution in [3.8, 4) is 5.75 Å². The number of halogens is 2. The molecule has 1 heterocycles. The van der Waals surface area contributed by atoms with Crippen LogP contribution in [0.4, 0.5) is 4.39 Å². The SMILES string of the molecule is COc1cccc(F)c1C(N)Cc1ccncc1Cl. The highest BCUT2D eigenvalue weighted by Crippen LogP contribution is 2.29. The third-order valence-electron chi connectivity index (χ3n) is 2.90. The monoisotopic (exact) mass is 280 g/mol. The smallest absolute Gasteiger partial charge is 0.131 e. The van der Waals surface area contributed by atoms with Gasteiger partial charge in [0.1, 0.15) is 11.6 Å². The standard InChI is InChI=1S/C14H14ClFN2O/c1-19-13-4-2-3-11(16)14(13)12(17)7-9-5-6-18-8-10(9)15/h2-6,8,12H,7,17H2,1H3. The van der Waals surface area contributed by atoms with Crippen LogP contribution in [0.1, 0.15) is 17.2 Å². The topological polar surface area (TPSA) is 48.1 Å². The Morgan fingerprint density at radius 1 is 1.42 bits per heavy atom. The van der Waals surface area contributed by atoms with E-state index >= 15 is 0 Å². The summed E-state index contributed by atoms with van der Waals surface area (Å²) >= 11 is 6.03. The zero-order chi connectivity index (χ0) is 13.8. The molecule has 0 amide bonds. The molecule has 100 valence electrons. The van der Waals surface area contributed by atoms with E-state index in [9.17, 15) is 4.39 Å². The maximum Gasteiger partial charge on any atom is 0.131 e. The fraction of sp³-hybridized carbons (Fsp3) is 0.214. The van der Waals surface area contributed by atoms with Crippen molar-refractivity contribution in [2.24, 2.45) is 5.73 Å². The van der Waals surface area contributed by atoms with Gasteiger partial charge in [-0.05, 0) is 30.2 Å². The summed E-state index contributed by atoms with van der Waals surface area (Å²) in [5.74, 6) is 0.0645. The molecule has 0 saturated carbocycles. The molecule has 0 aliphatic carbocycles. The molecule has 0 spiro atoms. The summed E-state index contributed by atoms with van der Waals surface area (Å²) in [5, 5.41) is 0.522. The van der Waals surface area contributed by atoms with Gasteiger partial charge in [0, 0.05) is 24.0 Å². The number of hydrogen-bond donors (Lipinski definition) is 1. The molecule has 0 aliphatic heterocycles. The van der Waals surface area contributed by atoms with Crippen molar-refractivity contribution in [1.29, 1.82) is 0 Å². The summed E-state index contributed by atoms with van der Waals surface area (Å²) in [6.45, 7) is 0. The molecule has 0 fully saturated rings. The Hall–Kier alpha value is -1.65. The number of benzene rings is 1. The predicted octanol–water partition coefficient (Wildman–Crippen LogP) is 3.13. The third kappa shape index (κ3) is 3.03. The van der Waals surface area contributed by atoms with Crippen LogP contribution in [0.15, 0.2) is 36.7 Å². The number of pyridine rings is 1. The van der Waals surface area contributed by atoms with Crippen molar-refractivity contribution in [2.75, 3.05) is 7.11 Å². The minimum atomic E-state index is -0.531. The van der Waals surface area contributed by atoms with Crippen molar-refractivity contribution >= 4 is 11.6 Å². The number of aromatic nitrogens is 1. The van der Waals surface area contributed by atoms with Gasteiger partial charge in [0.25, 0.3) is 0 Å². The highest BCUT2D eigenvalue weighted by Gasteiger charge is 2.18. The van der Waals surface area contributed by atoms with Crippen molar-refractivity contribution < 1.29 is 9.13 Å². The lowest BCUT2D eigenvalue weighted by Gasteiger charge is -2.17. The van der Waals surface area contributed by atoms with Crippen LogP contribution in [0, 0.1) is 5.82 Å². The molecule has 2 rings (SSSR count). The lowest BCUT2D eigenvalue weighted by atomic mass is 9.99. The quantitative estimate of drug-likeness (QED) is 0.936. The summed E-state index contributed by atoms with van der Waals surface area (Å²) in [6.07, 6.45) is 3.59. The molecule has 0 aliphatic rings. The minimum absolute atomic E-state index is 0.359. The number of hydrogen-bond acceptors (Lipinski definition) is 3. The highest BCUT2D eigenvalue weighted by molar-refractivity contribution is 6.31. The van der Waals surface area contributed by atoms with Crippen LogP contribution < -0.4 is 10.5 Å². The Labute approximate surface area is 116 Å². The van der Waals surface area contributed by atoms with Gasteiger partial charge in [-0.2, -0.15) is 0 Å². The van der Waals surface area contributed by atoms with Crippen LogP contribution in [-0.4, -0.2) is 12.1 Å². The van der Waals surface area contributed by atoms with Crippen molar-refractivity contribution in [1.82, 2.24) is 4.98 Å². The van der Waals surface area contributed by atoms with Gasteiger partial charge >= 0.3 is 0 Å². The molecule has 0 radical (unpaired) electrons. The second kappa shape index (κ2) is 5.99. The maximum absolute atomic E-state index is 13.9. The number of nitrogens with two attached hydrogens (primary N) is 1. The van der Waals surface area contributed by atoms with E-state index in [-0.39, 0.29) is 5.82 Å². The Balaban J connectivity index is 2.30. The van der Waals surface area contributed by atoms with E-state index in [0.29, 0.717) is 22.8 Å². The van der Waals surface area contributed by atoms with Crippen molar-refractivity contribution in [3.05, 3.63) is 58.6 Å². The normalized spacial score (nSPS) is 12.2. The first-order valence-corrected chi connectivity index (χ1v) is 6.17. The lowest BCUT2D eigenvalue weighted by Crippen LogP contribution is -2.16. The second-order valence-electron chi connectivity index (χ2n) is 4.13. The summed E-state index contributed by atoms with van der Waals surface area (Å²) in [7, 11) is 1.49. The molecule has 3 nitrogen and oxygen atoms in total. The van der Waals surface area contributed by atoms with Crippen LogP contribution in [0.2, 0.25) is 5.02 Å². The second-order valence-corrected chi connectivity index (χ2v) is 4.54. The molecule has 1 aromatic carbocycles. The largest absolute Gasteiger partial charge is 0.496 e. The zero-order valence-corrected chi connectivity index (χ0v) is 11.2. The summed E-state index contributed by atoms with van der Waals surface area (Å²) in [4.78, 5) is 3.90. The Morgan fingerprint density at radius 2 is 2.21 bits per heavy atom. The van der Waals surface area contributed by atoms with E-state index in [2.05, 4.69) is 4.98 Å². The molecule has 19 heavy (non-hydrogen) atoms. The average Bonchev–Trinajstić information content (AvgIpc) is 2.40. The number of ether oxygens (including phenoxy) is 1. The van der Waals surface area contributed by atoms with Crippen LogP contribution in [0.5, 0.6) is 5.75 Å². The number of nitrogens with zero attached hydrogens (tertiary/aromatic N) is 1. The summed E-state index contributed by atoms with van der Waals surface area (Å²) in [6, 6.07) is 5.88. The van der Waals surface area contributed by atoms with Crippen molar-refractivity contribution in [3.63, 3.8) is 0 Å². The third-order valence-corrected chi connectivity index (χ3v) is 3.24. The van der Waals surface area contributed by atoms with E-state index in [1.807, 2.05) is 0 Å². The van der Waals surface area contributed by atoms with Gasteiger partial charge < -0.3 is 10.5 Å². The molecule has 1 aromatic heterocycles. The molecule has 0 saturated heterocycles. The van der Waals surface area contributed by atoms with E-state index in [4.69, 9.17) is 22.1 Å². The summed E-state index contributed by atoms with van der Waals surface area (Å²) in [5.41, 5.74) is 7.26. The van der Waals surface area contributed by atoms with Crippen LogP contribution in [-0.2, 0) is 6.42 Å². The first-order valence-electron chi connectivity index (χ1n) is 5.80. The fourth-order valence-corrected chi connectivity index (χ4v) is 2.16. The van der Waals surface area contributed by atoms with Gasteiger partial charge in [-0.15, -0.1) is 0 Å². The fourth-order valence-electron chi connectivity index (χ4n) is 1.96. The minimum Gasteiger partial charge on any atom is -0.496 e. The molecule has 1 unspecified atom stereocenters. The van der Waals surface area contributed by atoms with Gasteiger partial charge in [-0.25, -0.2) is 4.39 Å². The van der Waals surface area contributed by atoms with Gasteiger partial charge in [-0.3, -0.25) is 4.98 Å². The summed E-state index contributed by atoms with van der Waals surface area (Å²) < 4.78 is 19.0. The number of rotatable bonds is 4. The van der Waals surface area contributed by atoms with E-state index in [1.54, 1.807) is 30.6 Å². The average molecular weight is 281 g/mol. The van der Waals surface area contributed by atoms with Crippen LogP contribution in [0.25, 0.3) is 0 Å². The first kappa shape index (κ1) is 13.8. The van der Waals surface area contributed by atoms with E-state index in [1.165, 1.54) is 13.2 Å². The molecular formula is C14H14ClFN2O.